The summed E-state index contributed by atoms with van der Waals surface area (Å²) in [6.45, 7) is 1.87. The van der Waals surface area contributed by atoms with Crippen LogP contribution in [0, 0.1) is 6.92 Å². The molecule has 1 aromatic heterocycles. The molecule has 0 amide bonds. The molecular formula is C17H16N2O3. The zero-order valence-corrected chi connectivity index (χ0v) is 12.2. The van der Waals surface area contributed by atoms with Crippen molar-refractivity contribution in [2.75, 3.05) is 5.32 Å². The largest absolute Gasteiger partial charge is 0.508 e. The van der Waals surface area contributed by atoms with E-state index in [0.717, 1.165) is 40.9 Å². The molecule has 0 saturated heterocycles. The van der Waals surface area contributed by atoms with Gasteiger partial charge in [0.15, 0.2) is 5.78 Å². The van der Waals surface area contributed by atoms with Gasteiger partial charge < -0.3 is 14.9 Å². The maximum atomic E-state index is 12.5. The topological polar surface area (TPSA) is 75.4 Å². The summed E-state index contributed by atoms with van der Waals surface area (Å²) in [6, 6.07) is 7.06. The van der Waals surface area contributed by atoms with Gasteiger partial charge in [-0.1, -0.05) is 17.3 Å². The fraction of sp³-hybridized carbons (Fsp3) is 0.294. The highest BCUT2D eigenvalue weighted by Crippen LogP contribution is 2.46. The van der Waals surface area contributed by atoms with Crippen LogP contribution in [0.2, 0.25) is 0 Å². The lowest BCUT2D eigenvalue weighted by molar-refractivity contribution is -0.116. The Balaban J connectivity index is 1.96. The van der Waals surface area contributed by atoms with Gasteiger partial charge in [-0.2, -0.15) is 0 Å². The van der Waals surface area contributed by atoms with Crippen molar-refractivity contribution in [2.24, 2.45) is 0 Å². The molecule has 1 aromatic carbocycles. The molecule has 5 nitrogen and oxygen atoms in total. The van der Waals surface area contributed by atoms with Gasteiger partial charge in [0.25, 0.3) is 0 Å². The van der Waals surface area contributed by atoms with E-state index in [4.69, 9.17) is 4.52 Å². The quantitative estimate of drug-likeness (QED) is 0.845. The second-order valence-corrected chi connectivity index (χ2v) is 5.83. The number of hydrogen-bond donors (Lipinski definition) is 2. The highest BCUT2D eigenvalue weighted by molar-refractivity contribution is 6.00. The molecule has 5 heteroatoms. The zero-order valence-electron chi connectivity index (χ0n) is 12.2. The van der Waals surface area contributed by atoms with Crippen LogP contribution in [0.4, 0.5) is 5.88 Å². The van der Waals surface area contributed by atoms with Crippen LogP contribution in [-0.2, 0) is 4.79 Å². The molecule has 2 heterocycles. The average molecular weight is 296 g/mol. The normalized spacial score (nSPS) is 20.4. The molecule has 112 valence electrons. The minimum atomic E-state index is -0.225. The van der Waals surface area contributed by atoms with Gasteiger partial charge in [0.2, 0.25) is 5.88 Å². The smallest absolute Gasteiger partial charge is 0.233 e. The molecule has 2 N–H and O–H groups in total. The van der Waals surface area contributed by atoms with Crippen LogP contribution < -0.4 is 5.32 Å². The lowest BCUT2D eigenvalue weighted by atomic mass is 9.76. The van der Waals surface area contributed by atoms with Crippen LogP contribution in [0.5, 0.6) is 5.75 Å². The van der Waals surface area contributed by atoms with Crippen LogP contribution >= 0.6 is 0 Å². The molecule has 1 atom stereocenters. The van der Waals surface area contributed by atoms with E-state index in [9.17, 15) is 9.90 Å². The van der Waals surface area contributed by atoms with Crippen LogP contribution in [0.25, 0.3) is 0 Å². The molecule has 2 aliphatic rings. The third-order valence-corrected chi connectivity index (χ3v) is 4.41. The maximum absolute atomic E-state index is 12.5. The summed E-state index contributed by atoms with van der Waals surface area (Å²) in [6.07, 6.45) is 2.24. The Kier molecular flexibility index (Phi) is 2.82. The summed E-state index contributed by atoms with van der Waals surface area (Å²) in [5.74, 6) is 0.738. The van der Waals surface area contributed by atoms with Gasteiger partial charge in [-0.15, -0.1) is 0 Å². The predicted octanol–water partition coefficient (Wildman–Crippen LogP) is 3.25. The summed E-state index contributed by atoms with van der Waals surface area (Å²) < 4.78 is 5.38. The molecular weight excluding hydrogens is 280 g/mol. The zero-order chi connectivity index (χ0) is 15.3. The monoisotopic (exact) mass is 296 g/mol. The van der Waals surface area contributed by atoms with Crippen molar-refractivity contribution in [2.45, 2.75) is 32.1 Å². The Bertz CT molecular complexity index is 804. The van der Waals surface area contributed by atoms with Gasteiger partial charge in [-0.05, 0) is 37.5 Å². The number of allylic oxidation sites excluding steroid dienone is 2. The second kappa shape index (κ2) is 4.73. The van der Waals surface area contributed by atoms with E-state index in [1.165, 1.54) is 0 Å². The SMILES string of the molecule is Cc1noc2c1C(c1cccc(O)c1)C1=C(CCCC1=O)N2. The third kappa shape index (κ3) is 1.85. The predicted molar refractivity (Wildman–Crippen MR) is 80.7 cm³/mol. The van der Waals surface area contributed by atoms with Gasteiger partial charge in [-0.3, -0.25) is 4.79 Å². The van der Waals surface area contributed by atoms with Crippen LogP contribution in [-0.4, -0.2) is 16.0 Å². The van der Waals surface area contributed by atoms with E-state index in [0.29, 0.717) is 12.3 Å². The lowest BCUT2D eigenvalue weighted by Crippen LogP contribution is -2.26. The van der Waals surface area contributed by atoms with E-state index in [1.807, 2.05) is 13.0 Å². The molecule has 0 fully saturated rings. The molecule has 0 spiro atoms. The first kappa shape index (κ1) is 13.1. The number of fused-ring (bicyclic) bond motifs is 1. The van der Waals surface area contributed by atoms with Gasteiger partial charge in [0.1, 0.15) is 5.75 Å². The number of nitrogens with one attached hydrogen (secondary N) is 1. The summed E-state index contributed by atoms with van der Waals surface area (Å²) >= 11 is 0. The number of ketones is 1. The van der Waals surface area contributed by atoms with Crippen molar-refractivity contribution in [1.29, 1.82) is 0 Å². The number of phenolic OH excluding ortho intramolecular Hbond substituents is 1. The average Bonchev–Trinajstić information content (AvgIpc) is 2.87. The molecule has 0 saturated carbocycles. The van der Waals surface area contributed by atoms with E-state index < -0.39 is 0 Å². The number of anilines is 1. The minimum absolute atomic E-state index is 0.161. The maximum Gasteiger partial charge on any atom is 0.233 e. The molecule has 1 aliphatic heterocycles. The van der Waals surface area contributed by atoms with Gasteiger partial charge >= 0.3 is 0 Å². The summed E-state index contributed by atoms with van der Waals surface area (Å²) in [5, 5.41) is 17.1. The Morgan fingerprint density at radius 3 is 3.05 bits per heavy atom. The number of aromatic nitrogens is 1. The first-order valence-electron chi connectivity index (χ1n) is 7.43. The number of nitrogens with zero attached hydrogens (tertiary/aromatic N) is 1. The van der Waals surface area contributed by atoms with Crippen molar-refractivity contribution >= 4 is 11.7 Å². The molecule has 1 aliphatic carbocycles. The van der Waals surface area contributed by atoms with Crippen LogP contribution in [0.15, 0.2) is 40.1 Å². The number of aromatic hydroxyl groups is 1. The van der Waals surface area contributed by atoms with Crippen molar-refractivity contribution in [3.05, 3.63) is 52.4 Å². The number of carbonyl (C=O) groups excluding carboxylic acids is 1. The standard InChI is InChI=1S/C17H16N2O3/c1-9-14-15(10-4-2-5-11(20)8-10)16-12(6-3-7-13(16)21)18-17(14)22-19-9/h2,4-5,8,15,18,20H,3,6-7H2,1H3. The summed E-state index contributed by atoms with van der Waals surface area (Å²) in [5.41, 5.74) is 4.25. The number of hydrogen-bond acceptors (Lipinski definition) is 5. The van der Waals surface area contributed by atoms with Crippen LogP contribution in [0.1, 0.15) is 42.0 Å². The van der Waals surface area contributed by atoms with Crippen molar-refractivity contribution in [3.8, 4) is 5.75 Å². The molecule has 22 heavy (non-hydrogen) atoms. The molecule has 0 radical (unpaired) electrons. The van der Waals surface area contributed by atoms with E-state index in [1.54, 1.807) is 18.2 Å². The Labute approximate surface area is 127 Å². The Hall–Kier alpha value is -2.56. The molecule has 0 bridgehead atoms. The second-order valence-electron chi connectivity index (χ2n) is 5.83. The van der Waals surface area contributed by atoms with E-state index >= 15 is 0 Å². The number of aryl methyl sites for hydroxylation is 1. The third-order valence-electron chi connectivity index (χ3n) is 4.41. The summed E-state index contributed by atoms with van der Waals surface area (Å²) in [4.78, 5) is 12.5. The van der Waals surface area contributed by atoms with E-state index in [-0.39, 0.29) is 17.5 Å². The number of benzene rings is 1. The van der Waals surface area contributed by atoms with Crippen molar-refractivity contribution in [3.63, 3.8) is 0 Å². The first-order chi connectivity index (χ1) is 10.6. The molecule has 4 rings (SSSR count). The van der Waals surface area contributed by atoms with Crippen molar-refractivity contribution < 1.29 is 14.4 Å². The fourth-order valence-electron chi connectivity index (χ4n) is 3.45. The van der Waals surface area contributed by atoms with Crippen molar-refractivity contribution in [1.82, 2.24) is 5.16 Å². The number of rotatable bonds is 1. The summed E-state index contributed by atoms with van der Waals surface area (Å²) in [7, 11) is 0. The Morgan fingerprint density at radius 2 is 2.23 bits per heavy atom. The first-order valence-corrected chi connectivity index (χ1v) is 7.43. The molecule has 2 aromatic rings. The number of carbonyl (C=O) groups is 1. The van der Waals surface area contributed by atoms with E-state index in [2.05, 4.69) is 10.5 Å². The van der Waals surface area contributed by atoms with Crippen LogP contribution in [0.3, 0.4) is 0 Å². The highest BCUT2D eigenvalue weighted by atomic mass is 16.5. The molecule has 1 unspecified atom stereocenters. The minimum Gasteiger partial charge on any atom is -0.508 e. The Morgan fingerprint density at radius 1 is 1.36 bits per heavy atom. The fourth-order valence-corrected chi connectivity index (χ4v) is 3.45. The lowest BCUT2D eigenvalue weighted by Gasteiger charge is -2.31. The van der Waals surface area contributed by atoms with Gasteiger partial charge in [0.05, 0.1) is 11.3 Å². The number of phenols is 1. The highest BCUT2D eigenvalue weighted by Gasteiger charge is 2.38. The number of Topliss-reactive ketones (excluding diaryl/α,β-unsaturated/α-hetero) is 1. The van der Waals surface area contributed by atoms with Gasteiger partial charge in [-0.25, -0.2) is 0 Å². The van der Waals surface area contributed by atoms with Gasteiger partial charge in [0, 0.05) is 23.6 Å².